The molecule has 1 saturated heterocycles. The van der Waals surface area contributed by atoms with Gasteiger partial charge in [0.15, 0.2) is 5.96 Å². The molecule has 1 aliphatic carbocycles. The second-order valence-electron chi connectivity index (χ2n) is 8.06. The maximum absolute atomic E-state index is 13.4. The van der Waals surface area contributed by atoms with Crippen LogP contribution in [0.4, 0.5) is 4.39 Å². The average molecular weight is 519 g/mol. The van der Waals surface area contributed by atoms with Crippen LogP contribution in [0.5, 0.6) is 0 Å². The molecule has 1 aliphatic heterocycles. The molecule has 1 aromatic rings. The van der Waals surface area contributed by atoms with Crippen LogP contribution in [0.15, 0.2) is 29.3 Å². The van der Waals surface area contributed by atoms with Crippen molar-refractivity contribution in [2.24, 2.45) is 10.9 Å². The Kier molecular flexibility index (Phi) is 10.1. The van der Waals surface area contributed by atoms with E-state index >= 15 is 0 Å². The average Bonchev–Trinajstić information content (AvgIpc) is 3.37. The smallest absolute Gasteiger partial charge is 0.193 e. The fourth-order valence-corrected chi connectivity index (χ4v) is 4.56. The normalized spacial score (nSPS) is 21.3. The van der Waals surface area contributed by atoms with Crippen molar-refractivity contribution in [2.45, 2.75) is 37.5 Å². The van der Waals surface area contributed by atoms with E-state index in [1.165, 1.54) is 18.4 Å². The number of hydrogen-bond acceptors (Lipinski definition) is 3. The molecule has 29 heavy (non-hydrogen) atoms. The molecule has 5 nitrogen and oxygen atoms in total. The minimum absolute atomic E-state index is 0. The van der Waals surface area contributed by atoms with Gasteiger partial charge in [0.1, 0.15) is 5.82 Å². The first-order valence-corrected chi connectivity index (χ1v) is 10.5. The zero-order chi connectivity index (χ0) is 19.8. The molecule has 7 heteroatoms. The third kappa shape index (κ3) is 6.52. The quantitative estimate of drug-likeness (QED) is 0.246. The molecule has 3 rings (SSSR count). The highest BCUT2D eigenvalue weighted by Crippen LogP contribution is 2.40. The molecule has 0 amide bonds. The van der Waals surface area contributed by atoms with Crippen molar-refractivity contribution in [3.8, 4) is 0 Å². The van der Waals surface area contributed by atoms with Crippen LogP contribution in [0, 0.1) is 11.7 Å². The molecule has 0 spiro atoms. The first kappa shape index (κ1) is 24.3. The number of ether oxygens (including phenoxy) is 2. The minimum Gasteiger partial charge on any atom is -0.382 e. The van der Waals surface area contributed by atoms with Crippen LogP contribution >= 0.6 is 24.0 Å². The standard InChI is InChI=1S/C22H34FN3O2.HI/c1-24-21(26-12-9-18(15-26)16-28-14-13-27-2)25-17-22(10-3-4-11-22)19-5-7-20(23)8-6-19;/h5-8,18H,3-4,9-17H2,1-2H3,(H,24,25);1H. The maximum atomic E-state index is 13.4. The number of nitrogens with one attached hydrogen (secondary N) is 1. The van der Waals surface area contributed by atoms with Gasteiger partial charge in [0.2, 0.25) is 0 Å². The van der Waals surface area contributed by atoms with Crippen molar-refractivity contribution >= 4 is 29.9 Å². The summed E-state index contributed by atoms with van der Waals surface area (Å²) in [6.45, 7) is 4.89. The van der Waals surface area contributed by atoms with Gasteiger partial charge in [-0.2, -0.15) is 0 Å². The molecule has 0 radical (unpaired) electrons. The van der Waals surface area contributed by atoms with E-state index in [2.05, 4.69) is 15.2 Å². The minimum atomic E-state index is -0.170. The van der Waals surface area contributed by atoms with Gasteiger partial charge in [-0.25, -0.2) is 4.39 Å². The number of rotatable bonds is 8. The van der Waals surface area contributed by atoms with E-state index in [4.69, 9.17) is 9.47 Å². The van der Waals surface area contributed by atoms with E-state index in [-0.39, 0.29) is 35.2 Å². The van der Waals surface area contributed by atoms with Gasteiger partial charge in [-0.05, 0) is 37.0 Å². The Morgan fingerprint density at radius 2 is 1.97 bits per heavy atom. The Morgan fingerprint density at radius 1 is 1.24 bits per heavy atom. The molecule has 1 saturated carbocycles. The predicted molar refractivity (Wildman–Crippen MR) is 126 cm³/mol. The van der Waals surface area contributed by atoms with Gasteiger partial charge in [-0.15, -0.1) is 24.0 Å². The van der Waals surface area contributed by atoms with Gasteiger partial charge >= 0.3 is 0 Å². The molecule has 1 atom stereocenters. The number of likely N-dealkylation sites (tertiary alicyclic amines) is 1. The summed E-state index contributed by atoms with van der Waals surface area (Å²) in [5, 5.41) is 3.63. The molecule has 164 valence electrons. The topological polar surface area (TPSA) is 46.1 Å². The highest BCUT2D eigenvalue weighted by molar-refractivity contribution is 14.0. The van der Waals surface area contributed by atoms with E-state index in [0.29, 0.717) is 19.1 Å². The van der Waals surface area contributed by atoms with E-state index in [9.17, 15) is 4.39 Å². The SMILES string of the molecule is CN=C(NCC1(c2ccc(F)cc2)CCCC1)N1CCC(COCCOC)C1.I. The van der Waals surface area contributed by atoms with Crippen molar-refractivity contribution in [3.05, 3.63) is 35.6 Å². The molecule has 1 unspecified atom stereocenters. The molecular formula is C22H35FIN3O2. The van der Waals surface area contributed by atoms with Crippen LogP contribution in [0.3, 0.4) is 0 Å². The van der Waals surface area contributed by atoms with E-state index in [1.807, 2.05) is 19.2 Å². The third-order valence-electron chi connectivity index (χ3n) is 6.18. The van der Waals surface area contributed by atoms with Crippen LogP contribution in [-0.4, -0.2) is 64.5 Å². The van der Waals surface area contributed by atoms with Crippen LogP contribution in [0.1, 0.15) is 37.7 Å². The summed E-state index contributed by atoms with van der Waals surface area (Å²) >= 11 is 0. The highest BCUT2D eigenvalue weighted by atomic mass is 127. The molecule has 1 N–H and O–H groups in total. The largest absolute Gasteiger partial charge is 0.382 e. The molecule has 1 aromatic carbocycles. The second kappa shape index (κ2) is 12.1. The van der Waals surface area contributed by atoms with Gasteiger partial charge in [0, 0.05) is 45.1 Å². The summed E-state index contributed by atoms with van der Waals surface area (Å²) in [5.41, 5.74) is 1.31. The van der Waals surface area contributed by atoms with Gasteiger partial charge in [0.25, 0.3) is 0 Å². The van der Waals surface area contributed by atoms with Crippen LogP contribution in [-0.2, 0) is 14.9 Å². The molecular weight excluding hydrogens is 484 g/mol. The Labute approximate surface area is 191 Å². The summed E-state index contributed by atoms with van der Waals surface area (Å²) in [6.07, 6.45) is 5.85. The first-order valence-electron chi connectivity index (χ1n) is 10.5. The van der Waals surface area contributed by atoms with Crippen molar-refractivity contribution in [2.75, 3.05) is 53.6 Å². The number of aliphatic imine (C=N–C) groups is 1. The van der Waals surface area contributed by atoms with Crippen molar-refractivity contribution in [1.82, 2.24) is 10.2 Å². The van der Waals surface area contributed by atoms with Crippen LogP contribution in [0.25, 0.3) is 0 Å². The number of benzene rings is 1. The lowest BCUT2D eigenvalue weighted by Gasteiger charge is -2.32. The Balaban J connectivity index is 0.00000300. The first-order chi connectivity index (χ1) is 13.7. The second-order valence-corrected chi connectivity index (χ2v) is 8.06. The number of halogens is 2. The van der Waals surface area contributed by atoms with E-state index in [0.717, 1.165) is 51.5 Å². The lowest BCUT2D eigenvalue weighted by atomic mass is 9.79. The molecule has 1 heterocycles. The van der Waals surface area contributed by atoms with E-state index < -0.39 is 0 Å². The monoisotopic (exact) mass is 519 g/mol. The fraction of sp³-hybridized carbons (Fsp3) is 0.682. The summed E-state index contributed by atoms with van der Waals surface area (Å²) in [4.78, 5) is 6.86. The van der Waals surface area contributed by atoms with Crippen LogP contribution < -0.4 is 5.32 Å². The Morgan fingerprint density at radius 3 is 2.62 bits per heavy atom. The Hall–Kier alpha value is -0.930. The summed E-state index contributed by atoms with van der Waals surface area (Å²) in [6, 6.07) is 7.07. The zero-order valence-electron chi connectivity index (χ0n) is 17.7. The molecule has 0 bridgehead atoms. The lowest BCUT2D eigenvalue weighted by molar-refractivity contribution is 0.0536. The zero-order valence-corrected chi connectivity index (χ0v) is 20.0. The molecule has 2 fully saturated rings. The van der Waals surface area contributed by atoms with Crippen molar-refractivity contribution in [3.63, 3.8) is 0 Å². The predicted octanol–water partition coefficient (Wildman–Crippen LogP) is 3.82. The maximum Gasteiger partial charge on any atom is 0.193 e. The molecule has 2 aliphatic rings. The van der Waals surface area contributed by atoms with Gasteiger partial charge in [0.05, 0.1) is 19.8 Å². The number of guanidine groups is 1. The summed E-state index contributed by atoms with van der Waals surface area (Å²) < 4.78 is 24.1. The van der Waals surface area contributed by atoms with Gasteiger partial charge in [-0.1, -0.05) is 25.0 Å². The van der Waals surface area contributed by atoms with Gasteiger partial charge in [-0.3, -0.25) is 4.99 Å². The number of methoxy groups -OCH3 is 1. The van der Waals surface area contributed by atoms with Crippen LogP contribution in [0.2, 0.25) is 0 Å². The van der Waals surface area contributed by atoms with Crippen molar-refractivity contribution < 1.29 is 13.9 Å². The number of nitrogens with zero attached hydrogens (tertiary/aromatic N) is 2. The number of hydrogen-bond donors (Lipinski definition) is 1. The highest BCUT2D eigenvalue weighted by Gasteiger charge is 2.36. The Bertz CT molecular complexity index is 635. The van der Waals surface area contributed by atoms with Crippen molar-refractivity contribution in [1.29, 1.82) is 0 Å². The fourth-order valence-electron chi connectivity index (χ4n) is 4.56. The van der Waals surface area contributed by atoms with Gasteiger partial charge < -0.3 is 19.7 Å². The summed E-state index contributed by atoms with van der Waals surface area (Å²) in [7, 11) is 3.54. The summed E-state index contributed by atoms with van der Waals surface area (Å²) in [5.74, 6) is 1.33. The molecule has 0 aromatic heterocycles. The lowest BCUT2D eigenvalue weighted by Crippen LogP contribution is -2.46. The third-order valence-corrected chi connectivity index (χ3v) is 6.18. The van der Waals surface area contributed by atoms with E-state index in [1.54, 1.807) is 19.2 Å².